The lowest BCUT2D eigenvalue weighted by atomic mass is 9.95. The molecule has 1 rings (SSSR count). The zero-order valence-corrected chi connectivity index (χ0v) is 10.3. The molecule has 1 aromatic heterocycles. The maximum Gasteiger partial charge on any atom is 0.0302 e. The summed E-state index contributed by atoms with van der Waals surface area (Å²) in [6, 6.07) is 2.26. The number of pyridine rings is 1. The Morgan fingerprint density at radius 3 is 2.67 bits per heavy atom. The van der Waals surface area contributed by atoms with Crippen molar-refractivity contribution in [3.8, 4) is 0 Å². The largest absolute Gasteiger partial charge is 0.264 e. The van der Waals surface area contributed by atoms with Crippen LogP contribution >= 0.6 is 0 Å². The van der Waals surface area contributed by atoms with Gasteiger partial charge in [0, 0.05) is 12.4 Å². The summed E-state index contributed by atoms with van der Waals surface area (Å²) in [5.41, 5.74) is 2.67. The molecule has 0 radical (unpaired) electrons. The quantitative estimate of drug-likeness (QED) is 0.625. The lowest BCUT2D eigenvalue weighted by molar-refractivity contribution is 0.579. The monoisotopic (exact) mass is 205 g/mol. The van der Waals surface area contributed by atoms with E-state index in [1.165, 1.54) is 43.2 Å². The van der Waals surface area contributed by atoms with E-state index in [-0.39, 0.29) is 0 Å². The zero-order chi connectivity index (χ0) is 11.1. The molecule has 84 valence electrons. The first-order valence-corrected chi connectivity index (χ1v) is 6.15. The fourth-order valence-electron chi connectivity index (χ4n) is 1.89. The van der Waals surface area contributed by atoms with Gasteiger partial charge in [0.2, 0.25) is 0 Å². The first-order valence-electron chi connectivity index (χ1n) is 6.15. The Morgan fingerprint density at radius 1 is 1.20 bits per heavy atom. The van der Waals surface area contributed by atoms with Crippen LogP contribution in [0.25, 0.3) is 0 Å². The highest BCUT2D eigenvalue weighted by Gasteiger charge is 2.05. The summed E-state index contributed by atoms with van der Waals surface area (Å²) >= 11 is 0. The highest BCUT2D eigenvalue weighted by atomic mass is 14.6. The molecule has 0 aliphatic carbocycles. The van der Waals surface area contributed by atoms with E-state index in [2.05, 4.69) is 31.8 Å². The molecule has 0 aliphatic heterocycles. The molecule has 1 unspecified atom stereocenters. The van der Waals surface area contributed by atoms with Gasteiger partial charge < -0.3 is 0 Å². The van der Waals surface area contributed by atoms with Crippen molar-refractivity contribution in [1.29, 1.82) is 0 Å². The van der Waals surface area contributed by atoms with Crippen molar-refractivity contribution in [2.75, 3.05) is 0 Å². The fraction of sp³-hybridized carbons (Fsp3) is 0.643. The highest BCUT2D eigenvalue weighted by Crippen LogP contribution is 2.21. The molecule has 0 aliphatic rings. The first-order chi connectivity index (χ1) is 7.24. The van der Waals surface area contributed by atoms with Crippen LogP contribution in [0, 0.1) is 6.92 Å². The number of unbranched alkanes of at least 4 members (excludes halogenated alkanes) is 3. The minimum absolute atomic E-state index is 0.661. The van der Waals surface area contributed by atoms with E-state index >= 15 is 0 Å². The van der Waals surface area contributed by atoms with Crippen molar-refractivity contribution in [2.45, 2.75) is 58.8 Å². The van der Waals surface area contributed by atoms with Crippen molar-refractivity contribution < 1.29 is 0 Å². The normalized spacial score (nSPS) is 12.7. The van der Waals surface area contributed by atoms with Crippen LogP contribution < -0.4 is 0 Å². The number of hydrogen-bond acceptors (Lipinski definition) is 1. The van der Waals surface area contributed by atoms with Gasteiger partial charge >= 0.3 is 0 Å². The van der Waals surface area contributed by atoms with E-state index < -0.39 is 0 Å². The van der Waals surface area contributed by atoms with Gasteiger partial charge in [0.1, 0.15) is 0 Å². The zero-order valence-electron chi connectivity index (χ0n) is 10.3. The Kier molecular flexibility index (Phi) is 5.38. The molecule has 0 bridgehead atoms. The van der Waals surface area contributed by atoms with E-state index in [4.69, 9.17) is 0 Å². The van der Waals surface area contributed by atoms with Crippen LogP contribution in [0.4, 0.5) is 0 Å². The third-order valence-corrected chi connectivity index (χ3v) is 2.96. The van der Waals surface area contributed by atoms with E-state index in [1.807, 2.05) is 12.4 Å². The molecule has 0 aromatic carbocycles. The summed E-state index contributed by atoms with van der Waals surface area (Å²) < 4.78 is 0. The standard InChI is InChI=1S/C14H23N/c1-4-5-6-7-8-13(3)14-9-12(2)10-15-11-14/h9-11,13H,4-8H2,1-3H3. The van der Waals surface area contributed by atoms with Crippen LogP contribution in [0.15, 0.2) is 18.5 Å². The fourth-order valence-corrected chi connectivity index (χ4v) is 1.89. The Balaban J connectivity index is 2.36. The molecule has 0 amide bonds. The molecule has 1 heterocycles. The van der Waals surface area contributed by atoms with E-state index in [0.717, 1.165) is 0 Å². The van der Waals surface area contributed by atoms with Crippen LogP contribution in [-0.4, -0.2) is 4.98 Å². The summed E-state index contributed by atoms with van der Waals surface area (Å²) in [6.07, 6.45) is 10.7. The van der Waals surface area contributed by atoms with Gasteiger partial charge in [0.15, 0.2) is 0 Å². The molecular weight excluding hydrogens is 182 g/mol. The van der Waals surface area contributed by atoms with Crippen molar-refractivity contribution >= 4 is 0 Å². The second-order valence-electron chi connectivity index (χ2n) is 4.55. The molecule has 1 nitrogen and oxygen atoms in total. The predicted molar refractivity (Wildman–Crippen MR) is 66.1 cm³/mol. The summed E-state index contributed by atoms with van der Waals surface area (Å²) in [7, 11) is 0. The summed E-state index contributed by atoms with van der Waals surface area (Å²) in [6.45, 7) is 6.68. The number of aromatic nitrogens is 1. The van der Waals surface area contributed by atoms with Gasteiger partial charge in [-0.25, -0.2) is 0 Å². The second-order valence-corrected chi connectivity index (χ2v) is 4.55. The summed E-state index contributed by atoms with van der Waals surface area (Å²) in [5.74, 6) is 0.661. The van der Waals surface area contributed by atoms with Gasteiger partial charge in [-0.3, -0.25) is 4.98 Å². The highest BCUT2D eigenvalue weighted by molar-refractivity contribution is 5.19. The minimum Gasteiger partial charge on any atom is -0.264 e. The van der Waals surface area contributed by atoms with Gasteiger partial charge in [-0.05, 0) is 30.4 Å². The van der Waals surface area contributed by atoms with Gasteiger partial charge in [-0.2, -0.15) is 0 Å². The predicted octanol–water partition coefficient (Wildman–Crippen LogP) is 4.46. The molecule has 0 spiro atoms. The molecule has 15 heavy (non-hydrogen) atoms. The van der Waals surface area contributed by atoms with Crippen LogP contribution in [-0.2, 0) is 0 Å². The van der Waals surface area contributed by atoms with E-state index in [9.17, 15) is 0 Å². The average molecular weight is 205 g/mol. The van der Waals surface area contributed by atoms with Crippen LogP contribution in [0.2, 0.25) is 0 Å². The van der Waals surface area contributed by atoms with Crippen LogP contribution in [0.3, 0.4) is 0 Å². The first kappa shape index (κ1) is 12.2. The molecular formula is C14H23N. The second kappa shape index (κ2) is 6.60. The van der Waals surface area contributed by atoms with Gasteiger partial charge in [-0.15, -0.1) is 0 Å². The smallest absolute Gasteiger partial charge is 0.0302 e. The van der Waals surface area contributed by atoms with E-state index in [1.54, 1.807) is 0 Å². The van der Waals surface area contributed by atoms with Crippen molar-refractivity contribution in [2.24, 2.45) is 0 Å². The topological polar surface area (TPSA) is 12.9 Å². The molecule has 0 fully saturated rings. The van der Waals surface area contributed by atoms with Crippen LogP contribution in [0.1, 0.15) is 63.0 Å². The van der Waals surface area contributed by atoms with Gasteiger partial charge in [0.25, 0.3) is 0 Å². The Morgan fingerprint density at radius 2 is 2.00 bits per heavy atom. The van der Waals surface area contributed by atoms with Crippen molar-refractivity contribution in [3.05, 3.63) is 29.6 Å². The maximum absolute atomic E-state index is 4.25. The molecule has 1 heteroatoms. The number of nitrogens with zero attached hydrogens (tertiary/aromatic N) is 1. The molecule has 1 aromatic rings. The number of hydrogen-bond donors (Lipinski definition) is 0. The third kappa shape index (κ3) is 4.46. The van der Waals surface area contributed by atoms with Crippen LogP contribution in [0.5, 0.6) is 0 Å². The lowest BCUT2D eigenvalue weighted by Gasteiger charge is -2.11. The maximum atomic E-state index is 4.25. The van der Waals surface area contributed by atoms with Gasteiger partial charge in [0.05, 0.1) is 0 Å². The molecule has 0 N–H and O–H groups in total. The summed E-state index contributed by atoms with van der Waals surface area (Å²) in [4.78, 5) is 4.25. The SMILES string of the molecule is CCCCCCC(C)c1cncc(C)c1. The molecule has 0 saturated heterocycles. The van der Waals surface area contributed by atoms with Crippen molar-refractivity contribution in [1.82, 2.24) is 4.98 Å². The van der Waals surface area contributed by atoms with Crippen molar-refractivity contribution in [3.63, 3.8) is 0 Å². The average Bonchev–Trinajstić information content (AvgIpc) is 2.24. The Bertz CT molecular complexity index is 280. The van der Waals surface area contributed by atoms with E-state index in [0.29, 0.717) is 5.92 Å². The number of aryl methyl sites for hydroxylation is 1. The number of rotatable bonds is 6. The minimum atomic E-state index is 0.661. The van der Waals surface area contributed by atoms with Gasteiger partial charge in [-0.1, -0.05) is 45.6 Å². The third-order valence-electron chi connectivity index (χ3n) is 2.96. The summed E-state index contributed by atoms with van der Waals surface area (Å²) in [5, 5.41) is 0. The Labute approximate surface area is 93.9 Å². The molecule has 1 atom stereocenters. The lowest BCUT2D eigenvalue weighted by Crippen LogP contribution is -1.95. The Hall–Kier alpha value is -0.850. The molecule has 0 saturated carbocycles.